The molecular weight excluding hydrogens is 418 g/mol. The SMILES string of the molecule is CCCCC1=[C]([Hf][C]2=CC=CC2)CC=C1.Cl.Cl. The van der Waals surface area contributed by atoms with Crippen molar-refractivity contribution in [3.05, 3.63) is 42.6 Å². The second kappa shape index (κ2) is 9.35. The summed E-state index contributed by atoms with van der Waals surface area (Å²) in [5.41, 5.74) is 1.70. The predicted molar refractivity (Wildman–Crippen MR) is 76.6 cm³/mol. The fraction of sp³-hybridized carbons (Fsp3) is 0.429. The van der Waals surface area contributed by atoms with Gasteiger partial charge in [0.15, 0.2) is 0 Å². The summed E-state index contributed by atoms with van der Waals surface area (Å²) in [6.45, 7) is 2.28. The van der Waals surface area contributed by atoms with E-state index < -0.39 is 22.9 Å². The molecule has 0 nitrogen and oxygen atoms in total. The largest absolute Gasteiger partial charge is 0.147 e. The first kappa shape index (κ1) is 17.4. The maximum atomic E-state index is 2.39. The Hall–Kier alpha value is 0.410. The third kappa shape index (κ3) is 5.28. The van der Waals surface area contributed by atoms with E-state index in [0.717, 1.165) is 0 Å². The van der Waals surface area contributed by atoms with Crippen molar-refractivity contribution in [2.75, 3.05) is 0 Å². The number of rotatable bonds is 5. The first-order chi connectivity index (χ1) is 7.40. The molecule has 3 heteroatoms. The van der Waals surface area contributed by atoms with Crippen molar-refractivity contribution in [3.8, 4) is 0 Å². The van der Waals surface area contributed by atoms with Crippen LogP contribution in [0.4, 0.5) is 0 Å². The summed E-state index contributed by atoms with van der Waals surface area (Å²) in [4.78, 5) is 0. The smallest absolute Gasteiger partial charge is 0.147 e. The fourth-order valence-corrected chi connectivity index (χ4v) is 6.96. The van der Waals surface area contributed by atoms with Gasteiger partial charge in [0.1, 0.15) is 0 Å². The quantitative estimate of drug-likeness (QED) is 0.521. The molecule has 0 N–H and O–H groups in total. The fourth-order valence-electron chi connectivity index (χ4n) is 2.02. The second-order valence-electron chi connectivity index (χ2n) is 4.16. The summed E-state index contributed by atoms with van der Waals surface area (Å²) < 4.78 is 3.64. The Labute approximate surface area is 129 Å². The molecule has 17 heavy (non-hydrogen) atoms. The van der Waals surface area contributed by atoms with Crippen LogP contribution in [0.1, 0.15) is 39.0 Å². The van der Waals surface area contributed by atoms with Gasteiger partial charge in [-0.3, -0.25) is 0 Å². The molecule has 0 heterocycles. The first-order valence-electron chi connectivity index (χ1n) is 5.91. The summed E-state index contributed by atoms with van der Waals surface area (Å²) in [5.74, 6) is 0. The number of allylic oxidation sites excluding steroid dienone is 8. The van der Waals surface area contributed by atoms with E-state index in [2.05, 4.69) is 37.3 Å². The van der Waals surface area contributed by atoms with Crippen molar-refractivity contribution in [2.45, 2.75) is 39.0 Å². The molecule has 0 aromatic heterocycles. The molecule has 0 unspecified atom stereocenters. The van der Waals surface area contributed by atoms with Crippen molar-refractivity contribution >= 4 is 24.8 Å². The Morgan fingerprint density at radius 2 is 2.00 bits per heavy atom. The van der Waals surface area contributed by atoms with E-state index in [9.17, 15) is 0 Å². The number of hydrogen-bond donors (Lipinski definition) is 0. The minimum absolute atomic E-state index is 0. The van der Waals surface area contributed by atoms with Gasteiger partial charge in [-0.2, -0.15) is 0 Å². The summed E-state index contributed by atoms with van der Waals surface area (Å²) >= 11 is -0.617. The average Bonchev–Trinajstić information content (AvgIpc) is 2.87. The van der Waals surface area contributed by atoms with Gasteiger partial charge in [0.05, 0.1) is 0 Å². The molecule has 0 spiro atoms. The minimum atomic E-state index is -0.617. The molecule has 2 aliphatic rings. The summed E-state index contributed by atoms with van der Waals surface area (Å²) in [5, 5.41) is 0. The molecular formula is C14H20Cl2Hf. The summed E-state index contributed by atoms with van der Waals surface area (Å²) in [7, 11) is 0. The van der Waals surface area contributed by atoms with E-state index in [-0.39, 0.29) is 24.8 Å². The van der Waals surface area contributed by atoms with Crippen LogP contribution in [0.3, 0.4) is 0 Å². The van der Waals surface area contributed by atoms with Crippen LogP contribution in [0.5, 0.6) is 0 Å². The zero-order chi connectivity index (χ0) is 10.5. The van der Waals surface area contributed by atoms with Crippen molar-refractivity contribution in [1.82, 2.24) is 0 Å². The van der Waals surface area contributed by atoms with Gasteiger partial charge in [0.2, 0.25) is 0 Å². The zero-order valence-corrected chi connectivity index (χ0v) is 15.5. The van der Waals surface area contributed by atoms with Crippen molar-refractivity contribution in [1.29, 1.82) is 0 Å². The number of hydrogen-bond acceptors (Lipinski definition) is 0. The van der Waals surface area contributed by atoms with Crippen molar-refractivity contribution in [3.63, 3.8) is 0 Å². The van der Waals surface area contributed by atoms with E-state index in [0.29, 0.717) is 0 Å². The van der Waals surface area contributed by atoms with Crippen LogP contribution < -0.4 is 0 Å². The Morgan fingerprint density at radius 1 is 1.18 bits per heavy atom. The Morgan fingerprint density at radius 3 is 2.65 bits per heavy atom. The monoisotopic (exact) mass is 438 g/mol. The van der Waals surface area contributed by atoms with Crippen LogP contribution in [0.15, 0.2) is 42.6 Å². The van der Waals surface area contributed by atoms with Crippen LogP contribution in [0.2, 0.25) is 0 Å². The van der Waals surface area contributed by atoms with E-state index in [1.807, 2.05) is 3.33 Å². The average molecular weight is 438 g/mol. The van der Waals surface area contributed by atoms with Crippen LogP contribution in [-0.2, 0) is 22.9 Å². The van der Waals surface area contributed by atoms with Gasteiger partial charge in [0.25, 0.3) is 0 Å². The predicted octanol–water partition coefficient (Wildman–Crippen LogP) is 5.16. The van der Waals surface area contributed by atoms with Crippen LogP contribution in [0, 0.1) is 0 Å². The molecule has 2 rings (SSSR count). The standard InChI is InChI=1S/C9H13.C5H5.2ClH.Hf/c1-2-3-6-9-7-4-5-8-9;1-2-4-5-3-1;;;/h4,7H,2-3,5-6H2,1H3;1-3H,4H2;2*1H;. The van der Waals surface area contributed by atoms with Crippen molar-refractivity contribution < 1.29 is 22.9 Å². The molecule has 0 saturated heterocycles. The molecule has 0 radical (unpaired) electrons. The molecule has 0 saturated carbocycles. The van der Waals surface area contributed by atoms with E-state index >= 15 is 0 Å². The number of unbranched alkanes of at least 4 members (excludes halogenated alkanes) is 1. The Bertz CT molecular complexity index is 351. The van der Waals surface area contributed by atoms with Crippen LogP contribution >= 0.6 is 24.8 Å². The molecule has 0 atom stereocenters. The topological polar surface area (TPSA) is 0 Å². The Kier molecular flexibility index (Phi) is 9.58. The van der Waals surface area contributed by atoms with Gasteiger partial charge in [-0.1, -0.05) is 0 Å². The van der Waals surface area contributed by atoms with Gasteiger partial charge < -0.3 is 0 Å². The van der Waals surface area contributed by atoms with E-state index in [1.165, 1.54) is 32.1 Å². The minimum Gasteiger partial charge on any atom is -0.147 e. The third-order valence-electron chi connectivity index (χ3n) is 2.91. The van der Waals surface area contributed by atoms with Crippen LogP contribution in [-0.4, -0.2) is 0 Å². The maximum Gasteiger partial charge on any atom is -0.147 e. The molecule has 0 aliphatic heterocycles. The first-order valence-corrected chi connectivity index (χ1v) is 9.50. The van der Waals surface area contributed by atoms with E-state index in [4.69, 9.17) is 0 Å². The molecule has 0 bridgehead atoms. The van der Waals surface area contributed by atoms with Crippen molar-refractivity contribution in [2.24, 2.45) is 0 Å². The number of halogens is 2. The van der Waals surface area contributed by atoms with Gasteiger partial charge >= 0.3 is 105 Å². The second-order valence-corrected chi connectivity index (χ2v) is 9.54. The van der Waals surface area contributed by atoms with Gasteiger partial charge in [-0.05, 0) is 0 Å². The van der Waals surface area contributed by atoms with Gasteiger partial charge in [0, 0.05) is 0 Å². The molecule has 2 aliphatic carbocycles. The third-order valence-corrected chi connectivity index (χ3v) is 8.37. The molecule has 0 aromatic carbocycles. The summed E-state index contributed by atoms with van der Waals surface area (Å²) in [6, 6.07) is 0. The van der Waals surface area contributed by atoms with Crippen LogP contribution in [0.25, 0.3) is 0 Å². The van der Waals surface area contributed by atoms with E-state index in [1.54, 1.807) is 8.90 Å². The molecule has 0 fully saturated rings. The maximum absolute atomic E-state index is 2.39. The van der Waals surface area contributed by atoms with Gasteiger partial charge in [-0.15, -0.1) is 24.8 Å². The summed E-state index contributed by atoms with van der Waals surface area (Å²) in [6.07, 6.45) is 18.2. The zero-order valence-electron chi connectivity index (χ0n) is 10.2. The molecule has 0 amide bonds. The molecule has 94 valence electrons. The Balaban J connectivity index is 0.00000128. The molecule has 0 aromatic rings. The normalized spacial score (nSPS) is 16.6. The van der Waals surface area contributed by atoms with Gasteiger partial charge in [-0.25, -0.2) is 0 Å².